The first-order chi connectivity index (χ1) is 13.5. The van der Waals surface area contributed by atoms with E-state index in [2.05, 4.69) is 5.32 Å². The van der Waals surface area contributed by atoms with Crippen molar-refractivity contribution in [2.75, 3.05) is 20.3 Å². The maximum absolute atomic E-state index is 12.4. The molecule has 1 fully saturated rings. The highest BCUT2D eigenvalue weighted by Gasteiger charge is 2.43. The van der Waals surface area contributed by atoms with E-state index in [-0.39, 0.29) is 18.5 Å². The standard InChI is InChI=1S/C21H28ClNO5/c1-4-12-28-19-16(22)13-15(14-17(19)26-3)8-9-18(24)23-21(10-6-7-11-21)20(25)27-5-2/h8-9,13-14H,4-7,10-12H2,1-3H3,(H,23,24)/b9-8+. The number of halogens is 1. The molecule has 1 aromatic carbocycles. The van der Waals surface area contributed by atoms with Crippen molar-refractivity contribution in [1.82, 2.24) is 5.32 Å². The Morgan fingerprint density at radius 3 is 2.57 bits per heavy atom. The molecule has 1 aliphatic rings. The summed E-state index contributed by atoms with van der Waals surface area (Å²) in [7, 11) is 1.54. The normalized spacial score (nSPS) is 15.4. The average Bonchev–Trinajstić information content (AvgIpc) is 3.15. The van der Waals surface area contributed by atoms with Crippen LogP contribution in [0.5, 0.6) is 11.5 Å². The van der Waals surface area contributed by atoms with Crippen LogP contribution in [0.2, 0.25) is 5.02 Å². The quantitative estimate of drug-likeness (QED) is 0.490. The van der Waals surface area contributed by atoms with Crippen molar-refractivity contribution >= 4 is 29.6 Å². The van der Waals surface area contributed by atoms with Crippen LogP contribution in [-0.4, -0.2) is 37.7 Å². The lowest BCUT2D eigenvalue weighted by atomic mass is 9.97. The van der Waals surface area contributed by atoms with Gasteiger partial charge in [-0.15, -0.1) is 0 Å². The van der Waals surface area contributed by atoms with Gasteiger partial charge in [0.25, 0.3) is 0 Å². The molecular weight excluding hydrogens is 382 g/mol. The number of ether oxygens (including phenoxy) is 3. The molecule has 2 rings (SSSR count). The summed E-state index contributed by atoms with van der Waals surface area (Å²) in [5, 5.41) is 3.25. The zero-order chi connectivity index (χ0) is 20.6. The SMILES string of the molecule is CCCOc1c(Cl)cc(/C=C/C(=O)NC2(C(=O)OCC)CCCC2)cc1OC. The first-order valence-electron chi connectivity index (χ1n) is 9.63. The van der Waals surface area contributed by atoms with E-state index in [1.807, 2.05) is 6.92 Å². The van der Waals surface area contributed by atoms with Crippen LogP contribution in [0, 0.1) is 0 Å². The Bertz CT molecular complexity index is 726. The van der Waals surface area contributed by atoms with E-state index in [0.29, 0.717) is 41.5 Å². The molecule has 0 unspecified atom stereocenters. The molecule has 1 N–H and O–H groups in total. The van der Waals surface area contributed by atoms with Gasteiger partial charge in [-0.3, -0.25) is 4.79 Å². The van der Waals surface area contributed by atoms with E-state index in [4.69, 9.17) is 25.8 Å². The summed E-state index contributed by atoms with van der Waals surface area (Å²) >= 11 is 6.30. The molecule has 0 heterocycles. The fraction of sp³-hybridized carbons (Fsp3) is 0.524. The lowest BCUT2D eigenvalue weighted by Gasteiger charge is -2.27. The van der Waals surface area contributed by atoms with Gasteiger partial charge in [0.15, 0.2) is 11.5 Å². The highest BCUT2D eigenvalue weighted by atomic mass is 35.5. The number of rotatable bonds is 9. The minimum absolute atomic E-state index is 0.289. The molecule has 1 amide bonds. The van der Waals surface area contributed by atoms with E-state index in [1.54, 1.807) is 25.1 Å². The van der Waals surface area contributed by atoms with Gasteiger partial charge in [0.1, 0.15) is 5.54 Å². The van der Waals surface area contributed by atoms with Gasteiger partial charge < -0.3 is 19.5 Å². The van der Waals surface area contributed by atoms with Crippen LogP contribution in [0.4, 0.5) is 0 Å². The summed E-state index contributed by atoms with van der Waals surface area (Å²) in [6.45, 7) is 4.58. The molecule has 0 bridgehead atoms. The minimum Gasteiger partial charge on any atom is -0.493 e. The number of hydrogen-bond donors (Lipinski definition) is 1. The van der Waals surface area contributed by atoms with E-state index >= 15 is 0 Å². The number of amides is 1. The van der Waals surface area contributed by atoms with Crippen molar-refractivity contribution in [3.8, 4) is 11.5 Å². The van der Waals surface area contributed by atoms with E-state index < -0.39 is 5.54 Å². The molecule has 0 atom stereocenters. The average molecular weight is 410 g/mol. The number of benzene rings is 1. The molecule has 154 valence electrons. The second-order valence-corrected chi connectivity index (χ2v) is 7.12. The molecule has 0 spiro atoms. The Kier molecular flexibility index (Phi) is 8.18. The Morgan fingerprint density at radius 1 is 1.25 bits per heavy atom. The van der Waals surface area contributed by atoms with Crippen molar-refractivity contribution in [2.24, 2.45) is 0 Å². The minimum atomic E-state index is -0.926. The summed E-state index contributed by atoms with van der Waals surface area (Å²) in [4.78, 5) is 24.8. The second kappa shape index (κ2) is 10.4. The van der Waals surface area contributed by atoms with Crippen LogP contribution in [0.15, 0.2) is 18.2 Å². The molecule has 1 saturated carbocycles. The van der Waals surface area contributed by atoms with Crippen LogP contribution in [0.25, 0.3) is 6.08 Å². The molecular formula is C21H28ClNO5. The Hall–Kier alpha value is -2.21. The summed E-state index contributed by atoms with van der Waals surface area (Å²) in [5.41, 5.74) is -0.234. The second-order valence-electron chi connectivity index (χ2n) is 6.71. The van der Waals surface area contributed by atoms with Gasteiger partial charge in [-0.25, -0.2) is 4.79 Å². The summed E-state index contributed by atoms with van der Waals surface area (Å²) < 4.78 is 16.1. The van der Waals surface area contributed by atoms with Crippen molar-refractivity contribution < 1.29 is 23.8 Å². The molecule has 1 aromatic rings. The van der Waals surface area contributed by atoms with Gasteiger partial charge in [-0.1, -0.05) is 31.4 Å². The predicted molar refractivity (Wildman–Crippen MR) is 109 cm³/mol. The zero-order valence-corrected chi connectivity index (χ0v) is 17.4. The lowest BCUT2D eigenvalue weighted by molar-refractivity contribution is -0.152. The van der Waals surface area contributed by atoms with Crippen LogP contribution in [0.1, 0.15) is 51.5 Å². The highest BCUT2D eigenvalue weighted by Crippen LogP contribution is 2.37. The molecule has 7 heteroatoms. The van der Waals surface area contributed by atoms with Crippen molar-refractivity contribution in [3.05, 3.63) is 28.8 Å². The van der Waals surface area contributed by atoms with Gasteiger partial charge in [0.05, 0.1) is 25.3 Å². The third kappa shape index (κ3) is 5.41. The highest BCUT2D eigenvalue weighted by molar-refractivity contribution is 6.32. The van der Waals surface area contributed by atoms with Crippen molar-refractivity contribution in [2.45, 2.75) is 51.5 Å². The number of methoxy groups -OCH3 is 1. The molecule has 0 saturated heterocycles. The zero-order valence-electron chi connectivity index (χ0n) is 16.7. The topological polar surface area (TPSA) is 73.9 Å². The maximum atomic E-state index is 12.4. The number of carbonyl (C=O) groups is 2. The summed E-state index contributed by atoms with van der Waals surface area (Å²) in [5.74, 6) is 0.271. The van der Waals surface area contributed by atoms with Crippen LogP contribution in [0.3, 0.4) is 0 Å². The van der Waals surface area contributed by atoms with Crippen LogP contribution >= 0.6 is 11.6 Å². The smallest absolute Gasteiger partial charge is 0.331 e. The fourth-order valence-electron chi connectivity index (χ4n) is 3.26. The number of carbonyl (C=O) groups excluding carboxylic acids is 2. The lowest BCUT2D eigenvalue weighted by Crippen LogP contribution is -2.52. The number of esters is 1. The third-order valence-electron chi connectivity index (χ3n) is 4.62. The molecule has 1 aliphatic carbocycles. The summed E-state index contributed by atoms with van der Waals surface area (Å²) in [6.07, 6.45) is 6.81. The van der Waals surface area contributed by atoms with Crippen molar-refractivity contribution in [3.63, 3.8) is 0 Å². The molecule has 0 aliphatic heterocycles. The third-order valence-corrected chi connectivity index (χ3v) is 4.90. The van der Waals surface area contributed by atoms with Gasteiger partial charge in [-0.2, -0.15) is 0 Å². The van der Waals surface area contributed by atoms with E-state index in [9.17, 15) is 9.59 Å². The van der Waals surface area contributed by atoms with Gasteiger partial charge in [0.2, 0.25) is 5.91 Å². The molecule has 6 nitrogen and oxygen atoms in total. The first kappa shape index (κ1) is 22.1. The van der Waals surface area contributed by atoms with Crippen LogP contribution in [-0.2, 0) is 14.3 Å². The van der Waals surface area contributed by atoms with Gasteiger partial charge in [0, 0.05) is 6.08 Å². The molecule has 28 heavy (non-hydrogen) atoms. The Balaban J connectivity index is 2.13. The fourth-order valence-corrected chi connectivity index (χ4v) is 3.53. The van der Waals surface area contributed by atoms with Gasteiger partial charge in [-0.05, 0) is 50.0 Å². The molecule has 0 aromatic heterocycles. The number of nitrogens with one attached hydrogen (secondary N) is 1. The van der Waals surface area contributed by atoms with Crippen LogP contribution < -0.4 is 14.8 Å². The predicted octanol–water partition coefficient (Wildman–Crippen LogP) is 4.14. The van der Waals surface area contributed by atoms with Gasteiger partial charge >= 0.3 is 5.97 Å². The molecule has 0 radical (unpaired) electrons. The Labute approximate surface area is 171 Å². The first-order valence-corrected chi connectivity index (χ1v) is 10.0. The largest absolute Gasteiger partial charge is 0.493 e. The maximum Gasteiger partial charge on any atom is 0.331 e. The monoisotopic (exact) mass is 409 g/mol. The summed E-state index contributed by atoms with van der Waals surface area (Å²) in [6, 6.07) is 3.45. The van der Waals surface area contributed by atoms with E-state index in [1.165, 1.54) is 13.2 Å². The number of hydrogen-bond acceptors (Lipinski definition) is 5. The Morgan fingerprint density at radius 2 is 1.96 bits per heavy atom. The van der Waals surface area contributed by atoms with E-state index in [0.717, 1.165) is 19.3 Å². The van der Waals surface area contributed by atoms with Crippen molar-refractivity contribution in [1.29, 1.82) is 0 Å².